The molecule has 2 N–H and O–H groups in total. The fourth-order valence-corrected chi connectivity index (χ4v) is 2.58. The fourth-order valence-electron chi connectivity index (χ4n) is 2.58. The lowest BCUT2D eigenvalue weighted by molar-refractivity contribution is -0.116. The van der Waals surface area contributed by atoms with Gasteiger partial charge in [-0.15, -0.1) is 0 Å². The summed E-state index contributed by atoms with van der Waals surface area (Å²) in [5.41, 5.74) is 0.255. The second-order valence-corrected chi connectivity index (χ2v) is 6.06. The van der Waals surface area contributed by atoms with Gasteiger partial charge < -0.3 is 20.1 Å². The summed E-state index contributed by atoms with van der Waals surface area (Å²) in [6, 6.07) is 7.90. The number of rotatable bonds is 10. The SMILES string of the molecule is CCOc1ccc(OCC)c(NC(=O)CCCNC(=O)c2ccc(F)cc2F)c1. The van der Waals surface area contributed by atoms with Crippen molar-refractivity contribution < 1.29 is 27.8 Å². The van der Waals surface area contributed by atoms with Gasteiger partial charge in [0.25, 0.3) is 5.91 Å². The van der Waals surface area contributed by atoms with Gasteiger partial charge >= 0.3 is 0 Å². The molecule has 0 aliphatic heterocycles. The Hall–Kier alpha value is -3.16. The van der Waals surface area contributed by atoms with Crippen molar-refractivity contribution >= 4 is 17.5 Å². The predicted molar refractivity (Wildman–Crippen MR) is 105 cm³/mol. The molecule has 0 radical (unpaired) electrons. The first kappa shape index (κ1) is 22.1. The molecule has 0 aliphatic rings. The summed E-state index contributed by atoms with van der Waals surface area (Å²) in [6.45, 7) is 4.81. The highest BCUT2D eigenvalue weighted by atomic mass is 19.1. The molecule has 2 amide bonds. The molecule has 0 atom stereocenters. The van der Waals surface area contributed by atoms with Gasteiger partial charge in [0.2, 0.25) is 5.91 Å². The van der Waals surface area contributed by atoms with Crippen molar-refractivity contribution in [3.8, 4) is 11.5 Å². The lowest BCUT2D eigenvalue weighted by Gasteiger charge is -2.13. The number of ether oxygens (including phenoxy) is 2. The van der Waals surface area contributed by atoms with E-state index in [9.17, 15) is 18.4 Å². The van der Waals surface area contributed by atoms with Crippen molar-refractivity contribution in [2.24, 2.45) is 0 Å². The van der Waals surface area contributed by atoms with Crippen LogP contribution in [0.5, 0.6) is 11.5 Å². The van der Waals surface area contributed by atoms with Crippen LogP contribution in [0.1, 0.15) is 37.0 Å². The summed E-state index contributed by atoms with van der Waals surface area (Å²) in [6.07, 6.45) is 0.478. The normalized spacial score (nSPS) is 10.3. The first-order valence-electron chi connectivity index (χ1n) is 9.37. The number of nitrogens with one attached hydrogen (secondary N) is 2. The van der Waals surface area contributed by atoms with E-state index >= 15 is 0 Å². The molecule has 0 saturated heterocycles. The lowest BCUT2D eigenvalue weighted by atomic mass is 10.2. The molecule has 29 heavy (non-hydrogen) atoms. The van der Waals surface area contributed by atoms with Crippen LogP contribution < -0.4 is 20.1 Å². The molecule has 0 heterocycles. The zero-order chi connectivity index (χ0) is 21.2. The Kier molecular flexibility index (Phi) is 8.39. The van der Waals surface area contributed by atoms with Crippen molar-refractivity contribution in [1.29, 1.82) is 0 Å². The number of hydrogen-bond donors (Lipinski definition) is 2. The Balaban J connectivity index is 1.85. The van der Waals surface area contributed by atoms with Gasteiger partial charge in [0, 0.05) is 25.1 Å². The van der Waals surface area contributed by atoms with Crippen LogP contribution >= 0.6 is 0 Å². The van der Waals surface area contributed by atoms with Crippen molar-refractivity contribution in [2.45, 2.75) is 26.7 Å². The third-order valence-electron chi connectivity index (χ3n) is 3.88. The first-order valence-corrected chi connectivity index (χ1v) is 9.37. The zero-order valence-corrected chi connectivity index (χ0v) is 16.4. The Morgan fingerprint density at radius 3 is 2.45 bits per heavy atom. The van der Waals surface area contributed by atoms with Gasteiger partial charge in [0.15, 0.2) is 0 Å². The summed E-state index contributed by atoms with van der Waals surface area (Å²) >= 11 is 0. The summed E-state index contributed by atoms with van der Waals surface area (Å²) in [5, 5.41) is 5.28. The molecule has 2 aromatic rings. The Labute approximate surface area is 168 Å². The minimum atomic E-state index is -0.933. The van der Waals surface area contributed by atoms with Gasteiger partial charge in [-0.1, -0.05) is 0 Å². The smallest absolute Gasteiger partial charge is 0.254 e. The Morgan fingerprint density at radius 1 is 1.00 bits per heavy atom. The van der Waals surface area contributed by atoms with Crippen LogP contribution in [0.15, 0.2) is 36.4 Å². The number of halogens is 2. The predicted octanol–water partition coefficient (Wildman–Crippen LogP) is 3.91. The Bertz CT molecular complexity index is 859. The molecule has 6 nitrogen and oxygen atoms in total. The molecule has 2 aromatic carbocycles. The number of hydrogen-bond acceptors (Lipinski definition) is 4. The van der Waals surface area contributed by atoms with Crippen molar-refractivity contribution in [1.82, 2.24) is 5.32 Å². The Morgan fingerprint density at radius 2 is 1.76 bits per heavy atom. The molecule has 0 unspecified atom stereocenters. The molecule has 0 spiro atoms. The largest absolute Gasteiger partial charge is 0.494 e. The van der Waals surface area contributed by atoms with Crippen LogP contribution in [0, 0.1) is 11.6 Å². The number of carbonyl (C=O) groups excluding carboxylic acids is 2. The molecule has 0 saturated carbocycles. The minimum absolute atomic E-state index is 0.136. The number of benzene rings is 2. The van der Waals surface area contributed by atoms with E-state index in [0.717, 1.165) is 12.1 Å². The maximum atomic E-state index is 13.6. The van der Waals surface area contributed by atoms with E-state index in [0.29, 0.717) is 42.9 Å². The molecule has 156 valence electrons. The van der Waals surface area contributed by atoms with Crippen LogP contribution in [0.2, 0.25) is 0 Å². The molecule has 0 bridgehead atoms. The minimum Gasteiger partial charge on any atom is -0.494 e. The van der Waals surface area contributed by atoms with Crippen LogP contribution in [-0.2, 0) is 4.79 Å². The van der Waals surface area contributed by atoms with Crippen LogP contribution in [-0.4, -0.2) is 31.6 Å². The summed E-state index contributed by atoms with van der Waals surface area (Å²) in [4.78, 5) is 24.1. The summed E-state index contributed by atoms with van der Waals surface area (Å²) in [7, 11) is 0. The molecular weight excluding hydrogens is 382 g/mol. The van der Waals surface area contributed by atoms with E-state index < -0.39 is 17.5 Å². The average molecular weight is 406 g/mol. The highest BCUT2D eigenvalue weighted by molar-refractivity contribution is 5.94. The molecule has 0 aromatic heterocycles. The topological polar surface area (TPSA) is 76.7 Å². The maximum Gasteiger partial charge on any atom is 0.254 e. The number of anilines is 1. The van der Waals surface area contributed by atoms with E-state index in [-0.39, 0.29) is 24.4 Å². The van der Waals surface area contributed by atoms with E-state index in [2.05, 4.69) is 10.6 Å². The van der Waals surface area contributed by atoms with Gasteiger partial charge in [-0.3, -0.25) is 9.59 Å². The van der Waals surface area contributed by atoms with Gasteiger partial charge in [0.05, 0.1) is 24.5 Å². The van der Waals surface area contributed by atoms with Crippen molar-refractivity contribution in [3.05, 3.63) is 53.6 Å². The number of amides is 2. The van der Waals surface area contributed by atoms with Gasteiger partial charge in [0.1, 0.15) is 23.1 Å². The van der Waals surface area contributed by atoms with Gasteiger partial charge in [-0.2, -0.15) is 0 Å². The van der Waals surface area contributed by atoms with E-state index in [4.69, 9.17) is 9.47 Å². The molecule has 0 fully saturated rings. The molecular formula is C21H24F2N2O4. The molecule has 8 heteroatoms. The quantitative estimate of drug-likeness (QED) is 0.587. The maximum absolute atomic E-state index is 13.6. The van der Waals surface area contributed by atoms with Crippen molar-refractivity contribution in [3.63, 3.8) is 0 Å². The highest BCUT2D eigenvalue weighted by Gasteiger charge is 2.13. The lowest BCUT2D eigenvalue weighted by Crippen LogP contribution is -2.26. The molecule has 2 rings (SSSR count). The zero-order valence-electron chi connectivity index (χ0n) is 16.4. The van der Waals surface area contributed by atoms with Gasteiger partial charge in [-0.05, 0) is 44.5 Å². The van der Waals surface area contributed by atoms with E-state index in [1.807, 2.05) is 13.8 Å². The standard InChI is InChI=1S/C21H24F2N2O4/c1-3-28-15-8-10-19(29-4-2)18(13-15)25-20(26)6-5-11-24-21(27)16-9-7-14(22)12-17(16)23/h7-10,12-13H,3-6,11H2,1-2H3,(H,24,27)(H,25,26). The second kappa shape index (κ2) is 11.0. The van der Waals surface area contributed by atoms with Crippen LogP contribution in [0.25, 0.3) is 0 Å². The fraction of sp³-hybridized carbons (Fsp3) is 0.333. The van der Waals surface area contributed by atoms with Crippen LogP contribution in [0.3, 0.4) is 0 Å². The third kappa shape index (κ3) is 6.74. The summed E-state index contributed by atoms with van der Waals surface area (Å²) in [5.74, 6) is -1.47. The first-order chi connectivity index (χ1) is 13.9. The van der Waals surface area contributed by atoms with Crippen molar-refractivity contribution in [2.75, 3.05) is 25.1 Å². The highest BCUT2D eigenvalue weighted by Crippen LogP contribution is 2.29. The average Bonchev–Trinajstić information content (AvgIpc) is 2.67. The monoisotopic (exact) mass is 406 g/mol. The third-order valence-corrected chi connectivity index (χ3v) is 3.88. The van der Waals surface area contributed by atoms with E-state index in [1.54, 1.807) is 18.2 Å². The number of carbonyl (C=O) groups is 2. The van der Waals surface area contributed by atoms with Gasteiger partial charge in [-0.25, -0.2) is 8.78 Å². The second-order valence-electron chi connectivity index (χ2n) is 6.06. The van der Waals surface area contributed by atoms with Crippen LogP contribution in [0.4, 0.5) is 14.5 Å². The van der Waals surface area contributed by atoms with E-state index in [1.165, 1.54) is 0 Å². The molecule has 0 aliphatic carbocycles. The summed E-state index contributed by atoms with van der Waals surface area (Å²) < 4.78 is 37.4.